The van der Waals surface area contributed by atoms with E-state index < -0.39 is 0 Å². The number of methoxy groups -OCH3 is 1. The second-order valence-electron chi connectivity index (χ2n) is 11.4. The zero-order valence-electron chi connectivity index (χ0n) is 24.1. The quantitative estimate of drug-likeness (QED) is 0.325. The molecule has 4 aromatic heterocycles. The van der Waals surface area contributed by atoms with Crippen LogP contribution < -0.4 is 9.64 Å². The number of ether oxygens (including phenoxy) is 1. The number of hydrogen-bond acceptors (Lipinski definition) is 7. The number of aromatic amines is 1. The van der Waals surface area contributed by atoms with Gasteiger partial charge in [0.25, 0.3) is 5.91 Å². The SMILES string of the molecule is COc1cccc(CC2C(=O)N(c3ncc(-c4cn[nH]c4)c(C)n3)CC23CCN(C(=O)c2cnn4ccccc24)CC3)c1. The molecule has 1 atom stereocenters. The maximum absolute atomic E-state index is 14.2. The van der Waals surface area contributed by atoms with Crippen LogP contribution in [0, 0.1) is 18.3 Å². The molecule has 1 aromatic carbocycles. The normalized spacial score (nSPS) is 18.1. The first-order chi connectivity index (χ1) is 21.0. The van der Waals surface area contributed by atoms with Crippen LogP contribution >= 0.6 is 0 Å². The van der Waals surface area contributed by atoms with Crippen molar-refractivity contribution in [3.63, 3.8) is 0 Å². The lowest BCUT2D eigenvalue weighted by Crippen LogP contribution is -2.47. The molecule has 6 heterocycles. The second-order valence-corrected chi connectivity index (χ2v) is 11.4. The van der Waals surface area contributed by atoms with Gasteiger partial charge in [-0.05, 0) is 56.0 Å². The van der Waals surface area contributed by atoms with Crippen LogP contribution in [0.25, 0.3) is 16.6 Å². The fraction of sp³-hybridized carbons (Fsp3) is 0.312. The van der Waals surface area contributed by atoms with E-state index in [9.17, 15) is 9.59 Å². The number of anilines is 1. The number of piperidine rings is 1. The number of likely N-dealkylation sites (tertiary alicyclic amines) is 1. The van der Waals surface area contributed by atoms with E-state index in [1.807, 2.05) is 60.5 Å². The van der Waals surface area contributed by atoms with Crippen molar-refractivity contribution >= 4 is 23.3 Å². The molecule has 2 aliphatic rings. The van der Waals surface area contributed by atoms with Crippen molar-refractivity contribution < 1.29 is 14.3 Å². The van der Waals surface area contributed by atoms with Crippen LogP contribution in [0.1, 0.15) is 34.5 Å². The van der Waals surface area contributed by atoms with E-state index in [0.717, 1.165) is 33.7 Å². The van der Waals surface area contributed by atoms with Crippen LogP contribution in [-0.4, -0.2) is 73.2 Å². The maximum Gasteiger partial charge on any atom is 0.257 e. The third-order valence-electron chi connectivity index (χ3n) is 9.07. The third-order valence-corrected chi connectivity index (χ3v) is 9.07. The molecule has 0 bridgehead atoms. The number of amides is 2. The summed E-state index contributed by atoms with van der Waals surface area (Å²) in [6.45, 7) is 3.53. The summed E-state index contributed by atoms with van der Waals surface area (Å²) in [5.41, 5.74) is 4.62. The molecule has 43 heavy (non-hydrogen) atoms. The van der Waals surface area contributed by atoms with Gasteiger partial charge in [0, 0.05) is 54.8 Å². The summed E-state index contributed by atoms with van der Waals surface area (Å²) in [6.07, 6.45) is 10.7. The van der Waals surface area contributed by atoms with Crippen LogP contribution in [0.3, 0.4) is 0 Å². The summed E-state index contributed by atoms with van der Waals surface area (Å²) in [7, 11) is 1.65. The predicted octanol–water partition coefficient (Wildman–Crippen LogP) is 3.96. The standard InChI is InChI=1S/C32H32N8O3/c1-21-25(23-16-34-35-17-23)18-33-31(37-21)39-20-32(27(30(39)42)15-22-6-5-7-24(14-22)43-2)9-12-38(13-10-32)29(41)26-19-36-40-11-4-3-8-28(26)40/h3-8,11,14,16-19,27H,9-10,12-13,15,20H2,1-2H3,(H,34,35). The number of nitrogens with zero attached hydrogens (tertiary/aromatic N) is 7. The number of carbonyl (C=O) groups excluding carboxylic acids is 2. The Bertz CT molecular complexity index is 1810. The Labute approximate surface area is 248 Å². The number of fused-ring (bicyclic) bond motifs is 1. The van der Waals surface area contributed by atoms with E-state index in [1.165, 1.54) is 0 Å². The van der Waals surface area contributed by atoms with Crippen molar-refractivity contribution in [3.8, 4) is 16.9 Å². The molecule has 2 aliphatic heterocycles. The number of benzene rings is 1. The number of aromatic nitrogens is 6. The Balaban J connectivity index is 1.18. The Morgan fingerprint density at radius 1 is 1.12 bits per heavy atom. The Morgan fingerprint density at radius 2 is 1.98 bits per heavy atom. The van der Waals surface area contributed by atoms with Crippen molar-refractivity contribution in [2.75, 3.05) is 31.6 Å². The third kappa shape index (κ3) is 4.70. The van der Waals surface area contributed by atoms with Gasteiger partial charge >= 0.3 is 0 Å². The average molecular weight is 577 g/mol. The molecule has 1 unspecified atom stereocenters. The molecular weight excluding hydrogens is 544 g/mol. The first-order valence-electron chi connectivity index (χ1n) is 14.4. The molecule has 7 rings (SSSR count). The summed E-state index contributed by atoms with van der Waals surface area (Å²) in [6, 6.07) is 13.6. The number of hydrogen-bond donors (Lipinski definition) is 1. The van der Waals surface area contributed by atoms with Crippen molar-refractivity contribution in [2.24, 2.45) is 11.3 Å². The van der Waals surface area contributed by atoms with Crippen molar-refractivity contribution in [3.05, 3.63) is 90.3 Å². The molecule has 1 N–H and O–H groups in total. The smallest absolute Gasteiger partial charge is 0.257 e. The number of aryl methyl sites for hydroxylation is 1. The molecule has 1 spiro atoms. The molecule has 0 saturated carbocycles. The van der Waals surface area contributed by atoms with Crippen LogP contribution in [0.5, 0.6) is 5.75 Å². The lowest BCUT2D eigenvalue weighted by Gasteiger charge is -2.41. The first kappa shape index (κ1) is 26.8. The van der Waals surface area contributed by atoms with E-state index in [4.69, 9.17) is 9.72 Å². The molecular formula is C32H32N8O3. The minimum absolute atomic E-state index is 0.0145. The Hall–Kier alpha value is -5.06. The lowest BCUT2D eigenvalue weighted by atomic mass is 9.68. The summed E-state index contributed by atoms with van der Waals surface area (Å²) >= 11 is 0. The number of H-pyrrole nitrogens is 1. The summed E-state index contributed by atoms with van der Waals surface area (Å²) in [5.74, 6) is 0.867. The molecule has 11 heteroatoms. The van der Waals surface area contributed by atoms with E-state index in [2.05, 4.69) is 20.3 Å². The Morgan fingerprint density at radius 3 is 2.74 bits per heavy atom. The minimum Gasteiger partial charge on any atom is -0.497 e. The topological polar surface area (TPSA) is 122 Å². The maximum atomic E-state index is 14.2. The number of carbonyl (C=O) groups is 2. The average Bonchev–Trinajstić information content (AvgIpc) is 3.78. The first-order valence-corrected chi connectivity index (χ1v) is 14.4. The van der Waals surface area contributed by atoms with E-state index in [1.54, 1.807) is 41.3 Å². The predicted molar refractivity (Wildman–Crippen MR) is 160 cm³/mol. The van der Waals surface area contributed by atoms with Crippen LogP contribution in [-0.2, 0) is 11.2 Å². The zero-order valence-corrected chi connectivity index (χ0v) is 24.1. The van der Waals surface area contributed by atoms with Gasteiger partial charge in [-0.3, -0.25) is 19.6 Å². The fourth-order valence-electron chi connectivity index (χ4n) is 6.66. The number of rotatable bonds is 6. The lowest BCUT2D eigenvalue weighted by molar-refractivity contribution is -0.122. The van der Waals surface area contributed by atoms with E-state index in [-0.39, 0.29) is 23.1 Å². The molecule has 218 valence electrons. The molecule has 11 nitrogen and oxygen atoms in total. The van der Waals surface area contributed by atoms with Gasteiger partial charge in [-0.15, -0.1) is 0 Å². The van der Waals surface area contributed by atoms with Gasteiger partial charge in [0.2, 0.25) is 11.9 Å². The molecule has 0 radical (unpaired) electrons. The van der Waals surface area contributed by atoms with Crippen LogP contribution in [0.15, 0.2) is 73.4 Å². The molecule has 2 fully saturated rings. The van der Waals surface area contributed by atoms with Crippen molar-refractivity contribution in [1.82, 2.24) is 34.7 Å². The summed E-state index contributed by atoms with van der Waals surface area (Å²) in [5, 5.41) is 11.2. The molecule has 2 amide bonds. The van der Waals surface area contributed by atoms with Gasteiger partial charge in [0.15, 0.2) is 0 Å². The highest BCUT2D eigenvalue weighted by Crippen LogP contribution is 2.48. The highest BCUT2D eigenvalue weighted by Gasteiger charge is 2.54. The number of pyridine rings is 1. The zero-order chi connectivity index (χ0) is 29.6. The van der Waals surface area contributed by atoms with Gasteiger partial charge in [0.05, 0.1) is 42.2 Å². The van der Waals surface area contributed by atoms with Crippen molar-refractivity contribution in [1.29, 1.82) is 0 Å². The van der Waals surface area contributed by atoms with Gasteiger partial charge < -0.3 is 9.64 Å². The van der Waals surface area contributed by atoms with Crippen LogP contribution in [0.2, 0.25) is 0 Å². The largest absolute Gasteiger partial charge is 0.497 e. The van der Waals surface area contributed by atoms with Gasteiger partial charge in [0.1, 0.15) is 5.75 Å². The van der Waals surface area contributed by atoms with E-state index in [0.29, 0.717) is 50.4 Å². The van der Waals surface area contributed by atoms with Gasteiger partial charge in [-0.2, -0.15) is 10.2 Å². The van der Waals surface area contributed by atoms with Crippen LogP contribution in [0.4, 0.5) is 5.95 Å². The molecule has 0 aliphatic carbocycles. The minimum atomic E-state index is -0.335. The monoisotopic (exact) mass is 576 g/mol. The second kappa shape index (κ2) is 10.6. The van der Waals surface area contributed by atoms with E-state index >= 15 is 0 Å². The Kier molecular flexibility index (Phi) is 6.64. The summed E-state index contributed by atoms with van der Waals surface area (Å²) in [4.78, 5) is 40.9. The van der Waals surface area contributed by atoms with Crippen molar-refractivity contribution in [2.45, 2.75) is 26.2 Å². The number of nitrogens with one attached hydrogen (secondary N) is 1. The molecule has 5 aromatic rings. The summed E-state index contributed by atoms with van der Waals surface area (Å²) < 4.78 is 7.18. The molecule has 2 saturated heterocycles. The highest BCUT2D eigenvalue weighted by molar-refractivity contribution is 6.01. The highest BCUT2D eigenvalue weighted by atomic mass is 16.5. The fourth-order valence-corrected chi connectivity index (χ4v) is 6.66. The van der Waals surface area contributed by atoms with Gasteiger partial charge in [-0.25, -0.2) is 14.5 Å². The van der Waals surface area contributed by atoms with Gasteiger partial charge in [-0.1, -0.05) is 18.2 Å².